The maximum Gasteiger partial charge on any atom is 0.407 e. The number of nitrogens with one attached hydrogen (secondary N) is 2. The van der Waals surface area contributed by atoms with Crippen LogP contribution in [-0.2, 0) is 14.3 Å². The van der Waals surface area contributed by atoms with Crippen molar-refractivity contribution in [2.45, 2.75) is 50.5 Å². The Labute approximate surface area is 205 Å². The summed E-state index contributed by atoms with van der Waals surface area (Å²) in [6.07, 6.45) is 4.44. The molecule has 0 spiro atoms. The van der Waals surface area contributed by atoms with E-state index in [1.807, 2.05) is 24.3 Å². The van der Waals surface area contributed by atoms with Gasteiger partial charge in [0.05, 0.1) is 11.8 Å². The fourth-order valence-corrected chi connectivity index (χ4v) is 5.62. The molecule has 2 amide bonds. The van der Waals surface area contributed by atoms with Gasteiger partial charge >= 0.3 is 12.1 Å². The molecule has 5 rings (SSSR count). The van der Waals surface area contributed by atoms with Gasteiger partial charge in [-0.1, -0.05) is 67.8 Å². The molecular weight excluding hydrogens is 444 g/mol. The lowest BCUT2D eigenvalue weighted by molar-refractivity contribution is -0.142. The molecule has 0 aromatic heterocycles. The number of amides is 2. The van der Waals surface area contributed by atoms with E-state index in [2.05, 4.69) is 34.9 Å². The lowest BCUT2D eigenvalue weighted by Gasteiger charge is -2.22. The third kappa shape index (κ3) is 5.19. The van der Waals surface area contributed by atoms with Crippen molar-refractivity contribution in [1.82, 2.24) is 10.6 Å². The van der Waals surface area contributed by atoms with E-state index >= 15 is 0 Å². The number of carbonyl (C=O) groups is 3. The van der Waals surface area contributed by atoms with Gasteiger partial charge in [-0.15, -0.1) is 0 Å². The van der Waals surface area contributed by atoms with Crippen LogP contribution < -0.4 is 10.6 Å². The Morgan fingerprint density at radius 1 is 0.943 bits per heavy atom. The minimum Gasteiger partial charge on any atom is -0.481 e. The summed E-state index contributed by atoms with van der Waals surface area (Å²) in [5, 5.41) is 15.2. The van der Waals surface area contributed by atoms with E-state index in [1.54, 1.807) is 0 Å². The summed E-state index contributed by atoms with van der Waals surface area (Å²) in [5.74, 6) is -1.52. The quantitative estimate of drug-likeness (QED) is 0.500. The van der Waals surface area contributed by atoms with Crippen molar-refractivity contribution in [3.05, 3.63) is 59.7 Å². The van der Waals surface area contributed by atoms with E-state index in [1.165, 1.54) is 11.1 Å². The number of carboxylic acids is 1. The number of alkyl carbamates (subject to hydrolysis) is 1. The maximum absolute atomic E-state index is 12.8. The molecule has 0 heterocycles. The van der Waals surface area contributed by atoms with Gasteiger partial charge in [-0.05, 0) is 47.4 Å². The zero-order chi connectivity index (χ0) is 24.4. The molecule has 3 aliphatic carbocycles. The third-order valence-corrected chi connectivity index (χ3v) is 7.69. The molecule has 3 atom stereocenters. The van der Waals surface area contributed by atoms with Gasteiger partial charge in [-0.3, -0.25) is 9.59 Å². The fourth-order valence-electron chi connectivity index (χ4n) is 5.62. The number of carboxylic acid groups (broad SMARTS) is 1. The molecule has 184 valence electrons. The molecule has 3 aliphatic rings. The zero-order valence-corrected chi connectivity index (χ0v) is 19.7. The van der Waals surface area contributed by atoms with Crippen LogP contribution in [0.3, 0.4) is 0 Å². The molecule has 0 saturated heterocycles. The second kappa shape index (κ2) is 10.1. The predicted molar refractivity (Wildman–Crippen MR) is 131 cm³/mol. The minimum absolute atomic E-state index is 0.0183. The lowest BCUT2D eigenvalue weighted by Crippen LogP contribution is -2.45. The van der Waals surface area contributed by atoms with Gasteiger partial charge in [-0.25, -0.2) is 4.79 Å². The van der Waals surface area contributed by atoms with Gasteiger partial charge in [-0.2, -0.15) is 0 Å². The number of rotatable bonds is 9. The number of hydrogen-bond donors (Lipinski definition) is 3. The van der Waals surface area contributed by atoms with Gasteiger partial charge in [0.2, 0.25) is 5.91 Å². The van der Waals surface area contributed by atoms with Crippen LogP contribution >= 0.6 is 0 Å². The second-order valence-electron chi connectivity index (χ2n) is 10.1. The molecule has 0 aliphatic heterocycles. The summed E-state index contributed by atoms with van der Waals surface area (Å²) < 4.78 is 5.65. The van der Waals surface area contributed by atoms with Crippen molar-refractivity contribution in [1.29, 1.82) is 0 Å². The molecule has 7 heteroatoms. The molecule has 3 N–H and O–H groups in total. The van der Waals surface area contributed by atoms with Crippen molar-refractivity contribution >= 4 is 18.0 Å². The van der Waals surface area contributed by atoms with Crippen LogP contribution in [0.4, 0.5) is 4.79 Å². The van der Waals surface area contributed by atoms with E-state index in [9.17, 15) is 19.5 Å². The molecule has 7 nitrogen and oxygen atoms in total. The average molecular weight is 477 g/mol. The number of hydrogen-bond acceptors (Lipinski definition) is 4. The van der Waals surface area contributed by atoms with Crippen LogP contribution in [0.1, 0.15) is 55.6 Å². The summed E-state index contributed by atoms with van der Waals surface area (Å²) in [6.45, 7) is 0.365. The Hall–Kier alpha value is -3.35. The van der Waals surface area contributed by atoms with Crippen molar-refractivity contribution in [3.8, 4) is 11.1 Å². The first-order valence-electron chi connectivity index (χ1n) is 12.6. The minimum atomic E-state index is -0.864. The third-order valence-electron chi connectivity index (χ3n) is 7.69. The first-order valence-corrected chi connectivity index (χ1v) is 12.6. The van der Waals surface area contributed by atoms with Crippen molar-refractivity contribution in [3.63, 3.8) is 0 Å². The largest absolute Gasteiger partial charge is 0.481 e. The van der Waals surface area contributed by atoms with Gasteiger partial charge in [0.1, 0.15) is 6.61 Å². The lowest BCUT2D eigenvalue weighted by atomic mass is 9.98. The molecule has 0 bridgehead atoms. The standard InChI is InChI=1S/C28H32N2O5/c31-26(29-15-18(27(32)33)14-17-12-13-17)23-10-5-11-25(23)30-28(34)35-16-24-21-8-3-1-6-19(21)20-7-2-4-9-22(20)24/h1-4,6-9,17-18,23-25H,5,10-16H2,(H,29,31)(H,30,34)(H,32,33)/t18?,23-,25+/m1/s1. The topological polar surface area (TPSA) is 105 Å². The average Bonchev–Trinajstić information content (AvgIpc) is 3.47. The highest BCUT2D eigenvalue weighted by Gasteiger charge is 2.36. The summed E-state index contributed by atoms with van der Waals surface area (Å²) in [6, 6.07) is 16.1. The summed E-state index contributed by atoms with van der Waals surface area (Å²) in [7, 11) is 0. The van der Waals surface area contributed by atoms with Crippen LogP contribution in [-0.4, -0.2) is 42.3 Å². The van der Waals surface area contributed by atoms with Crippen LogP contribution in [0.25, 0.3) is 11.1 Å². The molecule has 2 aromatic carbocycles. The smallest absolute Gasteiger partial charge is 0.407 e. The van der Waals surface area contributed by atoms with Crippen LogP contribution in [0.2, 0.25) is 0 Å². The highest BCUT2D eigenvalue weighted by atomic mass is 16.5. The first-order chi connectivity index (χ1) is 17.0. The fraction of sp³-hybridized carbons (Fsp3) is 0.464. The number of ether oxygens (including phenoxy) is 1. The molecule has 2 aromatic rings. The molecule has 2 saturated carbocycles. The van der Waals surface area contributed by atoms with Gasteiger partial charge in [0, 0.05) is 18.5 Å². The van der Waals surface area contributed by atoms with Gasteiger partial charge < -0.3 is 20.5 Å². The van der Waals surface area contributed by atoms with Crippen LogP contribution in [0, 0.1) is 17.8 Å². The Balaban J connectivity index is 1.15. The number of aliphatic carboxylic acids is 1. The summed E-state index contributed by atoms with van der Waals surface area (Å²) >= 11 is 0. The van der Waals surface area contributed by atoms with Crippen molar-refractivity contribution in [2.24, 2.45) is 17.8 Å². The molecule has 0 radical (unpaired) electrons. The van der Waals surface area contributed by atoms with Crippen LogP contribution in [0.15, 0.2) is 48.5 Å². The number of fused-ring (bicyclic) bond motifs is 3. The Morgan fingerprint density at radius 2 is 1.60 bits per heavy atom. The summed E-state index contributed by atoms with van der Waals surface area (Å²) in [4.78, 5) is 37.0. The Morgan fingerprint density at radius 3 is 2.23 bits per heavy atom. The number of carbonyl (C=O) groups excluding carboxylic acids is 2. The van der Waals surface area contributed by atoms with Crippen LogP contribution in [0.5, 0.6) is 0 Å². The SMILES string of the molecule is O=C(N[C@H]1CCC[C@H]1C(=O)NCC(CC1CC1)C(=O)O)OCC1c2ccccc2-c2ccccc21. The predicted octanol–water partition coefficient (Wildman–Crippen LogP) is 4.31. The summed E-state index contributed by atoms with van der Waals surface area (Å²) in [5.41, 5.74) is 4.65. The Bertz CT molecular complexity index is 1070. The monoisotopic (exact) mass is 476 g/mol. The number of benzene rings is 2. The maximum atomic E-state index is 12.8. The molecule has 2 fully saturated rings. The van der Waals surface area contributed by atoms with Crippen molar-refractivity contribution < 1.29 is 24.2 Å². The molecule has 1 unspecified atom stereocenters. The van der Waals surface area contributed by atoms with E-state index < -0.39 is 18.0 Å². The van der Waals surface area contributed by atoms with E-state index in [0.29, 0.717) is 25.2 Å². The van der Waals surface area contributed by atoms with Crippen molar-refractivity contribution in [2.75, 3.05) is 13.2 Å². The second-order valence-corrected chi connectivity index (χ2v) is 10.1. The van der Waals surface area contributed by atoms with Gasteiger partial charge in [0.25, 0.3) is 0 Å². The van der Waals surface area contributed by atoms with Gasteiger partial charge in [0.15, 0.2) is 0 Å². The molecular formula is C28H32N2O5. The first kappa shape index (κ1) is 23.4. The zero-order valence-electron chi connectivity index (χ0n) is 19.7. The van der Waals surface area contributed by atoms with E-state index in [0.717, 1.165) is 30.4 Å². The highest BCUT2D eigenvalue weighted by Crippen LogP contribution is 2.44. The molecule has 35 heavy (non-hydrogen) atoms. The Kier molecular flexibility index (Phi) is 6.75. The highest BCUT2D eigenvalue weighted by molar-refractivity contribution is 5.82. The normalized spacial score (nSPS) is 21.6. The van der Waals surface area contributed by atoms with E-state index in [-0.39, 0.29) is 36.9 Å². The van der Waals surface area contributed by atoms with E-state index in [4.69, 9.17) is 4.74 Å².